The van der Waals surface area contributed by atoms with Gasteiger partial charge in [-0.25, -0.2) is 0 Å². The Morgan fingerprint density at radius 3 is 2.10 bits per heavy atom. The highest BCUT2D eigenvalue weighted by Gasteiger charge is 2.07. The van der Waals surface area contributed by atoms with Gasteiger partial charge in [0.05, 0.1) is 0 Å². The second-order valence-electron chi connectivity index (χ2n) is 3.63. The molecule has 57 valence electrons. The van der Waals surface area contributed by atoms with Gasteiger partial charge in [0.1, 0.15) is 16.9 Å². The van der Waals surface area contributed by atoms with Gasteiger partial charge in [-0.3, -0.25) is 0 Å². The second-order valence-corrected chi connectivity index (χ2v) is 10.9. The summed E-state index contributed by atoms with van der Waals surface area (Å²) in [6, 6.07) is 1.28. The SMILES string of the molecule is CC[Si](C)C#C[Si](C)(C)C. The van der Waals surface area contributed by atoms with Gasteiger partial charge in [-0.2, -0.15) is 0 Å². The van der Waals surface area contributed by atoms with Gasteiger partial charge in [-0.1, -0.05) is 39.2 Å². The summed E-state index contributed by atoms with van der Waals surface area (Å²) >= 11 is 0. The topological polar surface area (TPSA) is 0 Å². The third kappa shape index (κ3) is 6.12. The molecule has 0 spiro atoms. The molecule has 0 N–H and O–H groups in total. The maximum atomic E-state index is 3.41. The van der Waals surface area contributed by atoms with E-state index in [4.69, 9.17) is 0 Å². The summed E-state index contributed by atoms with van der Waals surface area (Å²) < 4.78 is 0. The molecule has 0 aromatic heterocycles. The van der Waals surface area contributed by atoms with Gasteiger partial charge >= 0.3 is 0 Å². The van der Waals surface area contributed by atoms with E-state index in [1.807, 2.05) is 0 Å². The van der Waals surface area contributed by atoms with E-state index in [9.17, 15) is 0 Å². The summed E-state index contributed by atoms with van der Waals surface area (Å²) in [5.41, 5.74) is 6.79. The fourth-order valence-electron chi connectivity index (χ4n) is 0.383. The summed E-state index contributed by atoms with van der Waals surface area (Å²) in [6.45, 7) is 11.4. The van der Waals surface area contributed by atoms with E-state index in [0.717, 1.165) is 0 Å². The zero-order valence-electron chi connectivity index (χ0n) is 7.71. The molecule has 0 saturated heterocycles. The van der Waals surface area contributed by atoms with Crippen LogP contribution in [0.15, 0.2) is 0 Å². The molecular formula is C8H17Si2. The molecule has 2 heteroatoms. The highest BCUT2D eigenvalue weighted by atomic mass is 28.3. The van der Waals surface area contributed by atoms with Gasteiger partial charge in [-0.05, 0) is 0 Å². The van der Waals surface area contributed by atoms with E-state index >= 15 is 0 Å². The first-order valence-corrected chi connectivity index (χ1v) is 9.52. The van der Waals surface area contributed by atoms with Crippen molar-refractivity contribution in [1.82, 2.24) is 0 Å². The van der Waals surface area contributed by atoms with Gasteiger partial charge in [0.25, 0.3) is 0 Å². The van der Waals surface area contributed by atoms with Crippen LogP contribution in [0.3, 0.4) is 0 Å². The molecule has 0 aromatic rings. The van der Waals surface area contributed by atoms with Crippen molar-refractivity contribution in [2.45, 2.75) is 39.2 Å². The van der Waals surface area contributed by atoms with Crippen LogP contribution in [0.1, 0.15) is 6.92 Å². The zero-order valence-corrected chi connectivity index (χ0v) is 9.71. The largest absolute Gasteiger partial charge is 0.140 e. The van der Waals surface area contributed by atoms with Crippen molar-refractivity contribution in [2.24, 2.45) is 0 Å². The lowest BCUT2D eigenvalue weighted by atomic mass is 11.0. The summed E-state index contributed by atoms with van der Waals surface area (Å²) in [5.74, 6) is 0. The van der Waals surface area contributed by atoms with Crippen LogP contribution < -0.4 is 0 Å². The normalized spacial score (nSPS) is 11.0. The molecule has 0 heterocycles. The number of hydrogen-bond acceptors (Lipinski definition) is 0. The first-order valence-electron chi connectivity index (χ1n) is 3.81. The van der Waals surface area contributed by atoms with Crippen molar-refractivity contribution in [3.63, 3.8) is 0 Å². The molecule has 0 fully saturated rings. The summed E-state index contributed by atoms with van der Waals surface area (Å²) in [7, 11) is -1.36. The molecular weight excluding hydrogens is 152 g/mol. The smallest absolute Gasteiger partial charge is 0.140 e. The maximum Gasteiger partial charge on any atom is 0.140 e. The van der Waals surface area contributed by atoms with E-state index in [1.54, 1.807) is 0 Å². The van der Waals surface area contributed by atoms with Crippen LogP contribution in [0, 0.1) is 11.1 Å². The summed E-state index contributed by atoms with van der Waals surface area (Å²) in [6.07, 6.45) is 0. The molecule has 0 atom stereocenters. The highest BCUT2D eigenvalue weighted by Crippen LogP contribution is 1.97. The van der Waals surface area contributed by atoms with E-state index in [2.05, 4.69) is 44.2 Å². The Bertz CT molecular complexity index is 145. The molecule has 0 rings (SSSR count). The second kappa shape index (κ2) is 4.00. The molecule has 0 nitrogen and oxygen atoms in total. The average molecular weight is 169 g/mol. The Balaban J connectivity index is 3.91. The van der Waals surface area contributed by atoms with E-state index in [-0.39, 0.29) is 8.80 Å². The lowest BCUT2D eigenvalue weighted by Crippen LogP contribution is -2.17. The van der Waals surface area contributed by atoms with Crippen molar-refractivity contribution in [3.8, 4) is 11.1 Å². The van der Waals surface area contributed by atoms with E-state index in [0.29, 0.717) is 0 Å². The molecule has 0 aliphatic carbocycles. The van der Waals surface area contributed by atoms with Crippen LogP contribution in [0.2, 0.25) is 32.2 Å². The zero-order chi connectivity index (χ0) is 8.20. The van der Waals surface area contributed by atoms with Crippen LogP contribution in [-0.2, 0) is 0 Å². The lowest BCUT2D eigenvalue weighted by Gasteiger charge is -2.04. The minimum Gasteiger partial charge on any atom is -0.140 e. The predicted octanol–water partition coefficient (Wildman–Crippen LogP) is 2.55. The Labute approximate surface area is 67.7 Å². The van der Waals surface area contributed by atoms with Crippen molar-refractivity contribution in [3.05, 3.63) is 0 Å². The van der Waals surface area contributed by atoms with E-state index in [1.165, 1.54) is 6.04 Å². The highest BCUT2D eigenvalue weighted by molar-refractivity contribution is 6.85. The quantitative estimate of drug-likeness (QED) is 0.418. The Morgan fingerprint density at radius 1 is 1.30 bits per heavy atom. The first-order chi connectivity index (χ1) is 4.45. The van der Waals surface area contributed by atoms with Crippen molar-refractivity contribution in [2.75, 3.05) is 0 Å². The molecule has 10 heavy (non-hydrogen) atoms. The molecule has 0 aromatic carbocycles. The lowest BCUT2D eigenvalue weighted by molar-refractivity contribution is 1.43. The standard InChI is InChI=1S/C8H17Si2/c1-6-9(2)7-8-10(3,4)5/h6H2,1-5H3. The predicted molar refractivity (Wildman–Crippen MR) is 53.2 cm³/mol. The summed E-state index contributed by atoms with van der Waals surface area (Å²) in [5, 5.41) is 0. The van der Waals surface area contributed by atoms with Crippen LogP contribution in [-0.4, -0.2) is 16.9 Å². The van der Waals surface area contributed by atoms with Gasteiger partial charge in [0.15, 0.2) is 0 Å². The van der Waals surface area contributed by atoms with Gasteiger partial charge in [0, 0.05) is 0 Å². The Kier molecular flexibility index (Phi) is 3.99. The molecule has 0 amide bonds. The van der Waals surface area contributed by atoms with Gasteiger partial charge in [-0.15, -0.1) is 11.1 Å². The molecule has 0 bridgehead atoms. The number of hydrogen-bond donors (Lipinski definition) is 0. The molecule has 0 aliphatic heterocycles. The van der Waals surface area contributed by atoms with Crippen LogP contribution >= 0.6 is 0 Å². The van der Waals surface area contributed by atoms with Gasteiger partial charge < -0.3 is 0 Å². The minimum atomic E-state index is -1.07. The molecule has 0 saturated carbocycles. The Morgan fingerprint density at radius 2 is 1.80 bits per heavy atom. The van der Waals surface area contributed by atoms with Crippen LogP contribution in [0.25, 0.3) is 0 Å². The van der Waals surface area contributed by atoms with Crippen molar-refractivity contribution < 1.29 is 0 Å². The minimum absolute atomic E-state index is 0.288. The fraction of sp³-hybridized carbons (Fsp3) is 0.750. The third-order valence-electron chi connectivity index (χ3n) is 1.18. The summed E-state index contributed by atoms with van der Waals surface area (Å²) in [4.78, 5) is 0. The van der Waals surface area contributed by atoms with Gasteiger partial charge in [0.2, 0.25) is 0 Å². The average Bonchev–Trinajstić information content (AvgIpc) is 1.81. The monoisotopic (exact) mass is 169 g/mol. The molecule has 1 radical (unpaired) electrons. The first kappa shape index (κ1) is 9.99. The third-order valence-corrected chi connectivity index (χ3v) is 3.92. The fourth-order valence-corrected chi connectivity index (χ4v) is 2.91. The maximum absolute atomic E-state index is 3.41. The van der Waals surface area contributed by atoms with Crippen molar-refractivity contribution in [1.29, 1.82) is 0 Å². The number of rotatable bonds is 1. The van der Waals surface area contributed by atoms with Crippen LogP contribution in [0.4, 0.5) is 0 Å². The van der Waals surface area contributed by atoms with E-state index < -0.39 is 8.07 Å². The molecule has 0 aliphatic rings. The van der Waals surface area contributed by atoms with Crippen LogP contribution in [0.5, 0.6) is 0 Å². The Hall–Kier alpha value is -0.00623. The van der Waals surface area contributed by atoms with Crippen molar-refractivity contribution >= 4 is 16.9 Å². The molecule has 0 unspecified atom stereocenters.